The minimum absolute atomic E-state index is 0.127. The van der Waals surface area contributed by atoms with Gasteiger partial charge in [-0.2, -0.15) is 0 Å². The summed E-state index contributed by atoms with van der Waals surface area (Å²) in [5.74, 6) is -0.321. The molecule has 0 saturated heterocycles. The van der Waals surface area contributed by atoms with Crippen LogP contribution < -0.4 is 4.74 Å². The van der Waals surface area contributed by atoms with Crippen molar-refractivity contribution in [2.45, 2.75) is 0 Å². The third kappa shape index (κ3) is 4.26. The van der Waals surface area contributed by atoms with Crippen LogP contribution in [0.2, 0.25) is 5.02 Å². The molecule has 0 radical (unpaired) electrons. The van der Waals surface area contributed by atoms with Gasteiger partial charge in [-0.1, -0.05) is 72.3 Å². The lowest BCUT2D eigenvalue weighted by molar-refractivity contribution is 0.0734. The van der Waals surface area contributed by atoms with E-state index in [-0.39, 0.29) is 11.3 Å². The molecule has 0 heterocycles. The third-order valence-corrected chi connectivity index (χ3v) is 4.02. The van der Waals surface area contributed by atoms with Gasteiger partial charge in [0, 0.05) is 11.1 Å². The summed E-state index contributed by atoms with van der Waals surface area (Å²) in [7, 11) is 0. The Morgan fingerprint density at radius 2 is 1.46 bits per heavy atom. The molecule has 0 aliphatic carbocycles. The summed E-state index contributed by atoms with van der Waals surface area (Å²) in [6.07, 6.45) is 3.09. The molecule has 4 heteroatoms. The van der Waals surface area contributed by atoms with Gasteiger partial charge in [-0.05, 0) is 30.4 Å². The summed E-state index contributed by atoms with van der Waals surface area (Å²) in [5.41, 5.74) is 1.50. The fourth-order valence-corrected chi connectivity index (χ4v) is 2.57. The summed E-state index contributed by atoms with van der Waals surface area (Å²) < 4.78 is 5.46. The van der Waals surface area contributed by atoms with E-state index in [1.165, 1.54) is 6.08 Å². The largest absolute Gasteiger partial charge is 0.422 e. The molecule has 26 heavy (non-hydrogen) atoms. The van der Waals surface area contributed by atoms with Crippen molar-refractivity contribution in [2.75, 3.05) is 0 Å². The summed E-state index contributed by atoms with van der Waals surface area (Å²) in [4.78, 5) is 24.6. The molecule has 0 unspecified atom stereocenters. The van der Waals surface area contributed by atoms with E-state index in [0.717, 1.165) is 0 Å². The number of hydrogen-bond donors (Lipinski definition) is 0. The average Bonchev–Trinajstić information content (AvgIpc) is 2.68. The van der Waals surface area contributed by atoms with E-state index >= 15 is 0 Å². The first kappa shape index (κ1) is 17.6. The standard InChI is InChI=1S/C22H15ClO3/c23-19-12-6-5-11-18(19)22(25)26-21-13-7-4-10-17(21)14-15-20(24)16-8-2-1-3-9-16/h1-15H/b15-14+. The SMILES string of the molecule is O=C(/C=C/c1ccccc1OC(=O)c1ccccc1Cl)c1ccccc1. The molecule has 0 atom stereocenters. The number of para-hydroxylation sites is 1. The number of ether oxygens (including phenoxy) is 1. The maximum atomic E-state index is 12.3. The Kier molecular flexibility index (Phi) is 5.62. The van der Waals surface area contributed by atoms with Gasteiger partial charge < -0.3 is 4.74 Å². The molecule has 0 spiro atoms. The van der Waals surface area contributed by atoms with E-state index in [2.05, 4.69) is 0 Å². The Balaban J connectivity index is 1.80. The third-order valence-electron chi connectivity index (χ3n) is 3.69. The molecule has 0 N–H and O–H groups in total. The molecule has 0 aliphatic rings. The van der Waals surface area contributed by atoms with E-state index in [0.29, 0.717) is 21.9 Å². The molecule has 0 aliphatic heterocycles. The molecule has 3 aromatic carbocycles. The van der Waals surface area contributed by atoms with Crippen molar-refractivity contribution < 1.29 is 14.3 Å². The Labute approximate surface area is 156 Å². The van der Waals surface area contributed by atoms with Crippen molar-refractivity contribution >= 4 is 29.4 Å². The highest BCUT2D eigenvalue weighted by Gasteiger charge is 2.13. The molecule has 3 nitrogen and oxygen atoms in total. The normalized spacial score (nSPS) is 10.7. The van der Waals surface area contributed by atoms with Crippen LogP contribution in [-0.2, 0) is 0 Å². The minimum Gasteiger partial charge on any atom is -0.422 e. The van der Waals surface area contributed by atoms with E-state index in [1.54, 1.807) is 78.9 Å². The quantitative estimate of drug-likeness (QED) is 0.262. The monoisotopic (exact) mass is 362 g/mol. The van der Waals surface area contributed by atoms with Gasteiger partial charge in [0.15, 0.2) is 5.78 Å². The maximum absolute atomic E-state index is 12.3. The molecule has 3 rings (SSSR count). The predicted molar refractivity (Wildman–Crippen MR) is 103 cm³/mol. The molecule has 0 fully saturated rings. The maximum Gasteiger partial charge on any atom is 0.345 e. The highest BCUT2D eigenvalue weighted by Crippen LogP contribution is 2.23. The molecule has 3 aromatic rings. The minimum atomic E-state index is -0.550. The van der Waals surface area contributed by atoms with Crippen molar-refractivity contribution in [1.82, 2.24) is 0 Å². The van der Waals surface area contributed by atoms with Crippen molar-refractivity contribution in [2.24, 2.45) is 0 Å². The zero-order valence-corrected chi connectivity index (χ0v) is 14.5. The van der Waals surface area contributed by atoms with Gasteiger partial charge >= 0.3 is 5.97 Å². The summed E-state index contributed by atoms with van der Waals surface area (Å²) in [6, 6.07) is 22.6. The zero-order valence-electron chi connectivity index (χ0n) is 13.8. The van der Waals surface area contributed by atoms with Crippen LogP contribution in [0.25, 0.3) is 6.08 Å². The summed E-state index contributed by atoms with van der Waals surface area (Å²) in [5, 5.41) is 0.324. The number of rotatable bonds is 5. The fourth-order valence-electron chi connectivity index (χ4n) is 2.36. The molecule has 0 aromatic heterocycles. The summed E-state index contributed by atoms with van der Waals surface area (Å²) in [6.45, 7) is 0. The number of allylic oxidation sites excluding steroid dienone is 1. The second-order valence-corrected chi connectivity index (χ2v) is 5.88. The second kappa shape index (κ2) is 8.28. The molecular weight excluding hydrogens is 348 g/mol. The highest BCUT2D eigenvalue weighted by atomic mass is 35.5. The number of halogens is 1. The molecule has 0 amide bonds. The van der Waals surface area contributed by atoms with Crippen LogP contribution in [0, 0.1) is 0 Å². The van der Waals surface area contributed by atoms with Crippen LogP contribution in [-0.4, -0.2) is 11.8 Å². The zero-order chi connectivity index (χ0) is 18.4. The number of carbonyl (C=O) groups is 2. The van der Waals surface area contributed by atoms with E-state index in [9.17, 15) is 9.59 Å². The van der Waals surface area contributed by atoms with Crippen molar-refractivity contribution in [3.05, 3.63) is 107 Å². The Morgan fingerprint density at radius 3 is 2.23 bits per heavy atom. The van der Waals surface area contributed by atoms with Crippen molar-refractivity contribution in [1.29, 1.82) is 0 Å². The topological polar surface area (TPSA) is 43.4 Å². The van der Waals surface area contributed by atoms with E-state index in [1.807, 2.05) is 6.07 Å². The van der Waals surface area contributed by atoms with Crippen LogP contribution >= 0.6 is 11.6 Å². The summed E-state index contributed by atoms with van der Waals surface area (Å²) >= 11 is 6.04. The van der Waals surface area contributed by atoms with Gasteiger partial charge in [-0.15, -0.1) is 0 Å². The van der Waals surface area contributed by atoms with Gasteiger partial charge in [0.25, 0.3) is 0 Å². The number of benzene rings is 3. The lowest BCUT2D eigenvalue weighted by Gasteiger charge is -2.08. The average molecular weight is 363 g/mol. The number of esters is 1. The van der Waals surface area contributed by atoms with Gasteiger partial charge in [0.05, 0.1) is 10.6 Å². The molecule has 0 bridgehead atoms. The van der Waals surface area contributed by atoms with Crippen molar-refractivity contribution in [3.63, 3.8) is 0 Å². The smallest absolute Gasteiger partial charge is 0.345 e. The van der Waals surface area contributed by atoms with E-state index in [4.69, 9.17) is 16.3 Å². The van der Waals surface area contributed by atoms with Crippen LogP contribution in [0.15, 0.2) is 84.9 Å². The number of hydrogen-bond acceptors (Lipinski definition) is 3. The molecule has 128 valence electrons. The Hall–Kier alpha value is -3.17. The number of carbonyl (C=O) groups excluding carboxylic acids is 2. The predicted octanol–water partition coefficient (Wildman–Crippen LogP) is 5.46. The molecule has 0 saturated carbocycles. The lowest BCUT2D eigenvalue weighted by Crippen LogP contribution is -2.09. The lowest BCUT2D eigenvalue weighted by atomic mass is 10.1. The first-order valence-corrected chi connectivity index (χ1v) is 8.36. The van der Waals surface area contributed by atoms with Crippen LogP contribution in [0.3, 0.4) is 0 Å². The van der Waals surface area contributed by atoms with Crippen LogP contribution in [0.5, 0.6) is 5.75 Å². The van der Waals surface area contributed by atoms with E-state index < -0.39 is 5.97 Å². The van der Waals surface area contributed by atoms with Gasteiger partial charge in [0.2, 0.25) is 0 Å². The first-order chi connectivity index (χ1) is 12.6. The van der Waals surface area contributed by atoms with Gasteiger partial charge in [0.1, 0.15) is 5.75 Å². The van der Waals surface area contributed by atoms with Gasteiger partial charge in [-0.25, -0.2) is 4.79 Å². The number of ketones is 1. The second-order valence-electron chi connectivity index (χ2n) is 5.47. The van der Waals surface area contributed by atoms with Crippen LogP contribution in [0.1, 0.15) is 26.3 Å². The first-order valence-electron chi connectivity index (χ1n) is 7.98. The fraction of sp³-hybridized carbons (Fsp3) is 0. The Morgan fingerprint density at radius 1 is 0.808 bits per heavy atom. The van der Waals surface area contributed by atoms with Gasteiger partial charge in [-0.3, -0.25) is 4.79 Å². The van der Waals surface area contributed by atoms with Crippen LogP contribution in [0.4, 0.5) is 0 Å². The van der Waals surface area contributed by atoms with Crippen molar-refractivity contribution in [3.8, 4) is 5.75 Å². The highest BCUT2D eigenvalue weighted by molar-refractivity contribution is 6.33. The molecular formula is C22H15ClO3. The Bertz CT molecular complexity index is 962.